The van der Waals surface area contributed by atoms with E-state index in [1.54, 1.807) is 16.7 Å². The maximum Gasteiger partial charge on any atom is 0.316 e. The summed E-state index contributed by atoms with van der Waals surface area (Å²) in [5.74, 6) is -2.20. The van der Waals surface area contributed by atoms with Crippen molar-refractivity contribution in [1.29, 1.82) is 0 Å². The van der Waals surface area contributed by atoms with Crippen LogP contribution >= 0.6 is 11.8 Å². The Morgan fingerprint density at radius 3 is 2.79 bits per heavy atom. The summed E-state index contributed by atoms with van der Waals surface area (Å²) in [5, 5.41) is 8.56. The van der Waals surface area contributed by atoms with Crippen LogP contribution in [0.3, 0.4) is 0 Å². The number of thioether (sulfide) groups is 1. The molecular weight excluding hydrogens is 392 g/mol. The highest BCUT2D eigenvalue weighted by Crippen LogP contribution is 2.24. The summed E-state index contributed by atoms with van der Waals surface area (Å²) in [6, 6.07) is 5.98. The molecule has 28 heavy (non-hydrogen) atoms. The third-order valence-electron chi connectivity index (χ3n) is 3.69. The zero-order valence-corrected chi connectivity index (χ0v) is 15.5. The molecule has 0 aliphatic carbocycles. The highest BCUT2D eigenvalue weighted by Gasteiger charge is 2.18. The molecule has 0 bridgehead atoms. The molecule has 7 nitrogen and oxygen atoms in total. The third-order valence-corrected chi connectivity index (χ3v) is 4.63. The van der Waals surface area contributed by atoms with Crippen LogP contribution < -0.4 is 0 Å². The predicted molar refractivity (Wildman–Crippen MR) is 95.8 cm³/mol. The Kier molecular flexibility index (Phi) is 6.19. The molecule has 146 valence electrons. The van der Waals surface area contributed by atoms with Crippen molar-refractivity contribution >= 4 is 23.5 Å². The first-order valence-corrected chi connectivity index (χ1v) is 9.22. The van der Waals surface area contributed by atoms with E-state index in [0.29, 0.717) is 23.3 Å². The molecule has 10 heteroatoms. The van der Waals surface area contributed by atoms with E-state index in [0.717, 1.165) is 30.0 Å². The Balaban J connectivity index is 1.56. The minimum Gasteiger partial charge on any atom is -0.461 e. The summed E-state index contributed by atoms with van der Waals surface area (Å²) >= 11 is 1.08. The number of hydrogen-bond donors (Lipinski definition) is 0. The van der Waals surface area contributed by atoms with Crippen LogP contribution in [-0.4, -0.2) is 38.9 Å². The maximum absolute atomic E-state index is 13.6. The van der Waals surface area contributed by atoms with Gasteiger partial charge in [-0.25, -0.2) is 8.78 Å². The lowest BCUT2D eigenvalue weighted by Gasteiger charge is -2.07. The smallest absolute Gasteiger partial charge is 0.316 e. The van der Waals surface area contributed by atoms with Crippen molar-refractivity contribution in [3.05, 3.63) is 53.8 Å². The van der Waals surface area contributed by atoms with E-state index in [1.807, 2.05) is 6.92 Å². The number of furan rings is 1. The van der Waals surface area contributed by atoms with Gasteiger partial charge in [0.25, 0.3) is 0 Å². The molecule has 0 aliphatic heterocycles. The molecule has 0 fully saturated rings. The van der Waals surface area contributed by atoms with E-state index < -0.39 is 35.6 Å². The Bertz CT molecular complexity index is 989. The van der Waals surface area contributed by atoms with Gasteiger partial charge in [-0.2, -0.15) is 0 Å². The zero-order chi connectivity index (χ0) is 20.1. The number of carbonyl (C=O) groups excluding carboxylic acids is 2. The molecule has 0 saturated heterocycles. The van der Waals surface area contributed by atoms with Crippen molar-refractivity contribution in [2.45, 2.75) is 18.6 Å². The van der Waals surface area contributed by atoms with Crippen LogP contribution in [0.15, 0.2) is 46.2 Å². The standard InChI is InChI=1S/C18H15F2N3O4S/c1-2-23-17(15-4-3-7-26-15)21-22-18(23)28-10-16(25)27-9-14(24)12-8-11(19)5-6-13(12)20/h3-8H,2,9-10H2,1H3. The van der Waals surface area contributed by atoms with Crippen molar-refractivity contribution < 1.29 is 27.5 Å². The molecule has 0 aliphatic rings. The van der Waals surface area contributed by atoms with E-state index in [-0.39, 0.29) is 5.75 Å². The van der Waals surface area contributed by atoms with Crippen LogP contribution in [0.25, 0.3) is 11.6 Å². The van der Waals surface area contributed by atoms with Crippen molar-refractivity contribution in [2.24, 2.45) is 0 Å². The summed E-state index contributed by atoms with van der Waals surface area (Å²) in [6.45, 7) is 1.76. The summed E-state index contributed by atoms with van der Waals surface area (Å²) in [4.78, 5) is 23.8. The van der Waals surface area contributed by atoms with E-state index in [1.165, 1.54) is 6.26 Å². The lowest BCUT2D eigenvalue weighted by molar-refractivity contribution is -0.139. The third kappa shape index (κ3) is 4.45. The molecule has 0 unspecified atom stereocenters. The molecule has 0 N–H and O–H groups in total. The maximum atomic E-state index is 13.6. The first kappa shape index (κ1) is 19.7. The van der Waals surface area contributed by atoms with E-state index >= 15 is 0 Å². The number of ketones is 1. The van der Waals surface area contributed by atoms with E-state index in [2.05, 4.69) is 10.2 Å². The first-order valence-electron chi connectivity index (χ1n) is 8.23. The monoisotopic (exact) mass is 407 g/mol. The van der Waals surface area contributed by atoms with Crippen LogP contribution in [-0.2, 0) is 16.1 Å². The first-order chi connectivity index (χ1) is 13.5. The lowest BCUT2D eigenvalue weighted by Crippen LogP contribution is -2.17. The number of ether oxygens (including phenoxy) is 1. The van der Waals surface area contributed by atoms with Gasteiger partial charge in [-0.1, -0.05) is 11.8 Å². The topological polar surface area (TPSA) is 87.2 Å². The fourth-order valence-corrected chi connectivity index (χ4v) is 3.17. The fourth-order valence-electron chi connectivity index (χ4n) is 2.37. The molecule has 0 radical (unpaired) electrons. The quantitative estimate of drug-likeness (QED) is 0.321. The average molecular weight is 407 g/mol. The minimum atomic E-state index is -0.877. The fraction of sp³-hybridized carbons (Fsp3) is 0.222. The number of nitrogens with zero attached hydrogens (tertiary/aromatic N) is 3. The van der Waals surface area contributed by atoms with Crippen LogP contribution in [0.5, 0.6) is 0 Å². The predicted octanol–water partition coefficient (Wildman–Crippen LogP) is 3.35. The number of benzene rings is 1. The average Bonchev–Trinajstić information content (AvgIpc) is 3.35. The molecule has 3 rings (SSSR count). The van der Waals surface area contributed by atoms with Crippen molar-refractivity contribution in [2.75, 3.05) is 12.4 Å². The van der Waals surface area contributed by atoms with E-state index in [4.69, 9.17) is 9.15 Å². The second-order valence-corrected chi connectivity index (χ2v) is 6.47. The Morgan fingerprint density at radius 1 is 1.25 bits per heavy atom. The Labute approximate surface area is 162 Å². The minimum absolute atomic E-state index is 0.130. The number of halogens is 2. The largest absolute Gasteiger partial charge is 0.461 e. The summed E-state index contributed by atoms with van der Waals surface area (Å²) in [7, 11) is 0. The molecule has 0 amide bonds. The van der Waals surface area contributed by atoms with Crippen LogP contribution in [0.1, 0.15) is 17.3 Å². The number of esters is 1. The highest BCUT2D eigenvalue weighted by atomic mass is 32.2. The van der Waals surface area contributed by atoms with Gasteiger partial charge in [0.1, 0.15) is 11.6 Å². The van der Waals surface area contributed by atoms with Gasteiger partial charge in [-0.3, -0.25) is 14.2 Å². The molecule has 3 aromatic rings. The van der Waals surface area contributed by atoms with Gasteiger partial charge in [-0.15, -0.1) is 10.2 Å². The number of Topliss-reactive ketones (excluding diaryl/α,β-unsaturated/α-hetero) is 1. The van der Waals surface area contributed by atoms with Gasteiger partial charge in [0.2, 0.25) is 5.78 Å². The normalized spacial score (nSPS) is 10.8. The Hall–Kier alpha value is -3.01. The van der Waals surface area contributed by atoms with Gasteiger partial charge in [0.15, 0.2) is 23.3 Å². The van der Waals surface area contributed by atoms with Gasteiger partial charge < -0.3 is 9.15 Å². The SMILES string of the molecule is CCn1c(SCC(=O)OCC(=O)c2cc(F)ccc2F)nnc1-c1ccco1. The summed E-state index contributed by atoms with van der Waals surface area (Å²) < 4.78 is 38.6. The van der Waals surface area contributed by atoms with Gasteiger partial charge in [0, 0.05) is 6.54 Å². The number of aromatic nitrogens is 3. The molecule has 0 atom stereocenters. The van der Waals surface area contributed by atoms with Gasteiger partial charge in [-0.05, 0) is 37.3 Å². The van der Waals surface area contributed by atoms with Crippen molar-refractivity contribution in [1.82, 2.24) is 14.8 Å². The molecule has 2 aromatic heterocycles. The molecular formula is C18H15F2N3O4S. The number of rotatable bonds is 8. The molecule has 2 heterocycles. The van der Waals surface area contributed by atoms with Crippen molar-refractivity contribution in [3.8, 4) is 11.6 Å². The van der Waals surface area contributed by atoms with Crippen molar-refractivity contribution in [3.63, 3.8) is 0 Å². The number of hydrogen-bond acceptors (Lipinski definition) is 7. The summed E-state index contributed by atoms with van der Waals surface area (Å²) in [5.41, 5.74) is -0.464. The van der Waals surface area contributed by atoms with Crippen LogP contribution in [0, 0.1) is 11.6 Å². The van der Waals surface area contributed by atoms with Crippen LogP contribution in [0.2, 0.25) is 0 Å². The Morgan fingerprint density at radius 2 is 2.07 bits per heavy atom. The van der Waals surface area contributed by atoms with Gasteiger partial charge >= 0.3 is 5.97 Å². The molecule has 1 aromatic carbocycles. The molecule has 0 spiro atoms. The lowest BCUT2D eigenvalue weighted by atomic mass is 10.1. The second-order valence-electron chi connectivity index (χ2n) is 5.52. The summed E-state index contributed by atoms with van der Waals surface area (Å²) in [6.07, 6.45) is 1.52. The second kappa shape index (κ2) is 8.79. The van der Waals surface area contributed by atoms with Crippen LogP contribution in [0.4, 0.5) is 8.78 Å². The van der Waals surface area contributed by atoms with Gasteiger partial charge in [0.05, 0.1) is 17.6 Å². The number of carbonyl (C=O) groups is 2. The molecule has 0 saturated carbocycles. The van der Waals surface area contributed by atoms with E-state index in [9.17, 15) is 18.4 Å². The zero-order valence-electron chi connectivity index (χ0n) is 14.7. The highest BCUT2D eigenvalue weighted by molar-refractivity contribution is 7.99.